The van der Waals surface area contributed by atoms with Crippen molar-refractivity contribution < 1.29 is 72.1 Å². The molecule has 0 aromatic carbocycles. The van der Waals surface area contributed by atoms with Gasteiger partial charge in [0, 0.05) is 20.4 Å². The summed E-state index contributed by atoms with van der Waals surface area (Å²) < 4.78 is 32.8. The Morgan fingerprint density at radius 1 is 1.12 bits per heavy atom. The molecule has 0 spiro atoms. The topological polar surface area (TPSA) is 311 Å². The van der Waals surface area contributed by atoms with Crippen molar-refractivity contribution in [2.24, 2.45) is 5.73 Å². The SMILES string of the molecule is CNC(=O)N[C@H](CCC(=O)N[C@@H](C)C(=O)OP(=O)(O)O[C@H]1O[C@H](CO)[C@@H](O)[C@H](O[C@H](C)C(N)=O)[C@H]1NC(C)=O)C(=O)O. The highest BCUT2D eigenvalue weighted by molar-refractivity contribution is 7.48. The fraction of sp³-hybridized carbons (Fsp3) is 0.714. The molecule has 0 aliphatic carbocycles. The number of aliphatic hydroxyl groups is 2. The number of aliphatic hydroxyl groups excluding tert-OH is 2. The third-order valence-corrected chi connectivity index (χ3v) is 6.53. The highest BCUT2D eigenvalue weighted by Crippen LogP contribution is 2.47. The summed E-state index contributed by atoms with van der Waals surface area (Å²) in [6.45, 7) is 2.45. The molecule has 1 rings (SSSR count). The summed E-state index contributed by atoms with van der Waals surface area (Å²) in [4.78, 5) is 80.7. The Kier molecular flexibility index (Phi) is 14.2. The quantitative estimate of drug-likeness (QED) is 0.0783. The van der Waals surface area contributed by atoms with Gasteiger partial charge >= 0.3 is 25.8 Å². The second kappa shape index (κ2) is 16.3. The van der Waals surface area contributed by atoms with E-state index in [0.717, 1.165) is 13.8 Å². The third kappa shape index (κ3) is 11.5. The van der Waals surface area contributed by atoms with Crippen molar-refractivity contribution in [3.63, 3.8) is 0 Å². The predicted octanol–water partition coefficient (Wildman–Crippen LogP) is -3.84. The number of phosphoric ester groups is 1. The first-order chi connectivity index (χ1) is 19.4. The Hall–Kier alpha value is -3.39. The van der Waals surface area contributed by atoms with Crippen molar-refractivity contribution in [1.82, 2.24) is 21.3 Å². The lowest BCUT2D eigenvalue weighted by Gasteiger charge is -2.44. The summed E-state index contributed by atoms with van der Waals surface area (Å²) in [5.41, 5.74) is 5.18. The minimum Gasteiger partial charge on any atom is -0.480 e. The van der Waals surface area contributed by atoms with E-state index in [2.05, 4.69) is 25.8 Å². The van der Waals surface area contributed by atoms with Crippen molar-refractivity contribution in [3.8, 4) is 0 Å². The first-order valence-electron chi connectivity index (χ1n) is 12.3. The van der Waals surface area contributed by atoms with Crippen LogP contribution >= 0.6 is 7.82 Å². The maximum absolute atomic E-state index is 12.7. The molecule has 240 valence electrons. The summed E-state index contributed by atoms with van der Waals surface area (Å²) in [6, 6.07) is -5.39. The maximum Gasteiger partial charge on any atom is 0.532 e. The lowest BCUT2D eigenvalue weighted by molar-refractivity contribution is -0.261. The first kappa shape index (κ1) is 36.6. The molecule has 0 aromatic heterocycles. The van der Waals surface area contributed by atoms with Crippen LogP contribution in [-0.2, 0) is 47.1 Å². The van der Waals surface area contributed by atoms with Crippen molar-refractivity contribution in [2.75, 3.05) is 13.7 Å². The number of carbonyl (C=O) groups is 6. The zero-order valence-electron chi connectivity index (χ0n) is 23.0. The van der Waals surface area contributed by atoms with Gasteiger partial charge in [0.1, 0.15) is 42.5 Å². The largest absolute Gasteiger partial charge is 0.532 e. The number of rotatable bonds is 15. The lowest BCUT2D eigenvalue weighted by atomic mass is 9.96. The Bertz CT molecular complexity index is 1060. The number of nitrogens with one attached hydrogen (secondary N) is 4. The molecule has 42 heavy (non-hydrogen) atoms. The molecule has 21 heteroatoms. The number of phosphoric acid groups is 1. The van der Waals surface area contributed by atoms with Crippen LogP contribution in [0.3, 0.4) is 0 Å². The number of urea groups is 1. The van der Waals surface area contributed by atoms with Gasteiger partial charge in [0.2, 0.25) is 17.7 Å². The molecular formula is C21H36N5O15P. The maximum atomic E-state index is 12.7. The summed E-state index contributed by atoms with van der Waals surface area (Å²) in [5, 5.41) is 37.9. The van der Waals surface area contributed by atoms with E-state index in [9.17, 15) is 48.4 Å². The summed E-state index contributed by atoms with van der Waals surface area (Å²) in [6.07, 6.45) is -8.97. The number of amides is 5. The van der Waals surface area contributed by atoms with E-state index in [1.807, 2.05) is 0 Å². The molecule has 1 fully saturated rings. The molecule has 0 radical (unpaired) electrons. The van der Waals surface area contributed by atoms with E-state index in [1.54, 1.807) is 0 Å². The smallest absolute Gasteiger partial charge is 0.480 e. The average Bonchev–Trinajstić information content (AvgIpc) is 2.88. The van der Waals surface area contributed by atoms with Crippen LogP contribution in [0.1, 0.15) is 33.6 Å². The Balaban J connectivity index is 2.94. The van der Waals surface area contributed by atoms with Crippen LogP contribution in [0.25, 0.3) is 0 Å². The highest BCUT2D eigenvalue weighted by Gasteiger charge is 2.50. The Morgan fingerprint density at radius 3 is 2.24 bits per heavy atom. The lowest BCUT2D eigenvalue weighted by Crippen LogP contribution is -2.66. The fourth-order valence-corrected chi connectivity index (χ4v) is 4.36. The zero-order chi connectivity index (χ0) is 32.4. The Morgan fingerprint density at radius 2 is 1.74 bits per heavy atom. The molecule has 1 heterocycles. The number of nitrogens with two attached hydrogens (primary N) is 1. The van der Waals surface area contributed by atoms with Crippen LogP contribution in [0.2, 0.25) is 0 Å². The molecule has 5 amide bonds. The fourth-order valence-electron chi connectivity index (χ4n) is 3.49. The van der Waals surface area contributed by atoms with Gasteiger partial charge in [-0.3, -0.25) is 19.3 Å². The van der Waals surface area contributed by atoms with E-state index in [0.29, 0.717) is 0 Å². The summed E-state index contributed by atoms with van der Waals surface area (Å²) in [7, 11) is -4.16. The highest BCUT2D eigenvalue weighted by atomic mass is 31.2. The second-order valence-corrected chi connectivity index (χ2v) is 10.3. The van der Waals surface area contributed by atoms with E-state index in [-0.39, 0.29) is 6.42 Å². The average molecular weight is 630 g/mol. The molecule has 1 aliphatic rings. The van der Waals surface area contributed by atoms with Gasteiger partial charge in [-0.1, -0.05) is 0 Å². The van der Waals surface area contributed by atoms with Crippen molar-refractivity contribution >= 4 is 43.5 Å². The number of hydrogen-bond acceptors (Lipinski definition) is 13. The molecule has 20 nitrogen and oxygen atoms in total. The van der Waals surface area contributed by atoms with Crippen LogP contribution in [0.15, 0.2) is 0 Å². The van der Waals surface area contributed by atoms with Gasteiger partial charge in [-0.15, -0.1) is 0 Å². The zero-order valence-corrected chi connectivity index (χ0v) is 23.9. The van der Waals surface area contributed by atoms with E-state index in [1.165, 1.54) is 14.0 Å². The molecule has 0 aromatic rings. The Labute approximate surface area is 239 Å². The predicted molar refractivity (Wildman–Crippen MR) is 136 cm³/mol. The van der Waals surface area contributed by atoms with Crippen LogP contribution < -0.4 is 27.0 Å². The molecule has 1 unspecified atom stereocenters. The van der Waals surface area contributed by atoms with E-state index < -0.39 is 105 Å². The second-order valence-electron chi connectivity index (χ2n) is 9.01. The number of carboxylic acid groups (broad SMARTS) is 1. The minimum absolute atomic E-state index is 0.364. The van der Waals surface area contributed by atoms with Crippen molar-refractivity contribution in [2.45, 2.75) is 82.4 Å². The number of carboxylic acids is 1. The van der Waals surface area contributed by atoms with Crippen LogP contribution in [0.4, 0.5) is 4.79 Å². The van der Waals surface area contributed by atoms with E-state index >= 15 is 0 Å². The van der Waals surface area contributed by atoms with Crippen molar-refractivity contribution in [3.05, 3.63) is 0 Å². The number of aliphatic carboxylic acids is 1. The van der Waals surface area contributed by atoms with Gasteiger partial charge in [-0.2, -0.15) is 0 Å². The first-order valence-corrected chi connectivity index (χ1v) is 13.8. The summed E-state index contributed by atoms with van der Waals surface area (Å²) in [5.74, 6) is -5.50. The van der Waals surface area contributed by atoms with E-state index in [4.69, 9.17) is 24.8 Å². The monoisotopic (exact) mass is 629 g/mol. The molecule has 10 N–H and O–H groups in total. The normalized spacial score (nSPS) is 25.5. The number of hydrogen-bond donors (Lipinski definition) is 9. The van der Waals surface area contributed by atoms with Gasteiger partial charge in [-0.05, 0) is 20.3 Å². The van der Waals surface area contributed by atoms with Gasteiger partial charge in [0.05, 0.1) is 6.61 Å². The number of ether oxygens (including phenoxy) is 2. The van der Waals surface area contributed by atoms with Crippen molar-refractivity contribution in [1.29, 1.82) is 0 Å². The van der Waals surface area contributed by atoms with Gasteiger partial charge in [0.25, 0.3) is 0 Å². The molecule has 1 aliphatic heterocycles. The van der Waals surface area contributed by atoms with Gasteiger partial charge < -0.3 is 56.3 Å². The number of carbonyl (C=O) groups excluding carboxylic acids is 5. The molecule has 0 saturated carbocycles. The third-order valence-electron chi connectivity index (χ3n) is 5.65. The number of primary amides is 1. The van der Waals surface area contributed by atoms with Gasteiger partial charge in [0.15, 0.2) is 6.29 Å². The molecular weight excluding hydrogens is 593 g/mol. The molecule has 0 bridgehead atoms. The standard InChI is InChI=1S/C21H36N5O15P/c1-8(24-13(29)6-5-11(18(32)33)26-21(35)23-4)19(34)40-42(36,37)41-20-14(25-10(3)28)16(38-9(2)17(22)31)15(30)12(7-27)39-20/h8-9,11-12,14-16,20,27,30H,5-7H2,1-4H3,(H2,22,31)(H,24,29)(H,25,28)(H,32,33)(H,36,37)(H2,23,26,35)/t8-,9+,11+,12+,14+,15+,16+,20+/m0/s1. The minimum atomic E-state index is -5.42. The molecule has 1 saturated heterocycles. The molecule has 9 atom stereocenters. The van der Waals surface area contributed by atoms with Crippen LogP contribution in [-0.4, -0.2) is 118 Å². The summed E-state index contributed by atoms with van der Waals surface area (Å²) >= 11 is 0. The van der Waals surface area contributed by atoms with Crippen LogP contribution in [0, 0.1) is 0 Å². The van der Waals surface area contributed by atoms with Crippen LogP contribution in [0.5, 0.6) is 0 Å². The van der Waals surface area contributed by atoms with Gasteiger partial charge in [-0.25, -0.2) is 23.5 Å².